The zero-order valence-corrected chi connectivity index (χ0v) is 15.2. The average molecular weight is 366 g/mol. The fraction of sp³-hybridized carbons (Fsp3) is 0.286. The van der Waals surface area contributed by atoms with Gasteiger partial charge in [0, 0.05) is 24.1 Å². The first-order chi connectivity index (χ1) is 13.0. The van der Waals surface area contributed by atoms with E-state index in [9.17, 15) is 14.4 Å². The van der Waals surface area contributed by atoms with Gasteiger partial charge in [0.15, 0.2) is 12.4 Å². The fourth-order valence-corrected chi connectivity index (χ4v) is 2.90. The highest BCUT2D eigenvalue weighted by atomic mass is 16.5. The second-order valence-electron chi connectivity index (χ2n) is 6.47. The number of nitrogens with one attached hydrogen (secondary N) is 2. The zero-order valence-electron chi connectivity index (χ0n) is 15.2. The van der Waals surface area contributed by atoms with Crippen LogP contribution in [0.3, 0.4) is 0 Å². The van der Waals surface area contributed by atoms with Crippen LogP contribution >= 0.6 is 0 Å². The Morgan fingerprint density at radius 3 is 2.63 bits per heavy atom. The Morgan fingerprint density at radius 2 is 1.89 bits per heavy atom. The Hall–Kier alpha value is -3.15. The molecule has 0 unspecified atom stereocenters. The van der Waals surface area contributed by atoms with E-state index >= 15 is 0 Å². The van der Waals surface area contributed by atoms with Gasteiger partial charge < -0.3 is 15.4 Å². The normalized spacial score (nSPS) is 12.6. The highest BCUT2D eigenvalue weighted by Gasteiger charge is 2.16. The van der Waals surface area contributed by atoms with Crippen molar-refractivity contribution in [2.75, 3.05) is 17.2 Å². The molecule has 1 aliphatic rings. The number of fused-ring (bicyclic) bond motifs is 1. The number of ether oxygens (including phenoxy) is 1. The van der Waals surface area contributed by atoms with Crippen molar-refractivity contribution in [3.63, 3.8) is 0 Å². The third-order valence-electron chi connectivity index (χ3n) is 4.29. The molecule has 27 heavy (non-hydrogen) atoms. The number of aryl methyl sites for hydroxylation is 1. The van der Waals surface area contributed by atoms with Crippen LogP contribution in [0.15, 0.2) is 42.5 Å². The van der Waals surface area contributed by atoms with Crippen molar-refractivity contribution >= 4 is 29.0 Å². The predicted molar refractivity (Wildman–Crippen MR) is 103 cm³/mol. The molecule has 2 aromatic carbocycles. The SMILES string of the molecule is CCCc1ccc(C(=O)CCC(=O)Nc2ccc3c(c2)NC(=O)CO3)cc1. The molecule has 0 aromatic heterocycles. The van der Waals surface area contributed by atoms with Crippen molar-refractivity contribution in [2.45, 2.75) is 32.6 Å². The van der Waals surface area contributed by atoms with Crippen molar-refractivity contribution in [1.29, 1.82) is 0 Å². The first-order valence-corrected chi connectivity index (χ1v) is 9.04. The molecule has 1 aliphatic heterocycles. The van der Waals surface area contributed by atoms with Gasteiger partial charge in [0.25, 0.3) is 5.91 Å². The molecule has 0 atom stereocenters. The van der Waals surface area contributed by atoms with Crippen molar-refractivity contribution in [2.24, 2.45) is 0 Å². The molecule has 6 heteroatoms. The quantitative estimate of drug-likeness (QED) is 0.734. The van der Waals surface area contributed by atoms with Crippen LogP contribution in [0.25, 0.3) is 0 Å². The zero-order chi connectivity index (χ0) is 19.2. The molecule has 6 nitrogen and oxygen atoms in total. The van der Waals surface area contributed by atoms with Crippen molar-refractivity contribution < 1.29 is 19.1 Å². The summed E-state index contributed by atoms with van der Waals surface area (Å²) in [6.45, 7) is 2.10. The van der Waals surface area contributed by atoms with E-state index in [1.165, 1.54) is 5.56 Å². The lowest BCUT2D eigenvalue weighted by molar-refractivity contribution is -0.118. The Labute approximate surface area is 157 Å². The highest BCUT2D eigenvalue weighted by Crippen LogP contribution is 2.30. The predicted octanol–water partition coefficient (Wildman–Crippen LogP) is 3.57. The highest BCUT2D eigenvalue weighted by molar-refractivity contribution is 6.01. The van der Waals surface area contributed by atoms with Crippen LogP contribution in [0.2, 0.25) is 0 Å². The molecule has 0 radical (unpaired) electrons. The van der Waals surface area contributed by atoms with E-state index in [-0.39, 0.29) is 37.0 Å². The maximum absolute atomic E-state index is 12.3. The summed E-state index contributed by atoms with van der Waals surface area (Å²) in [5.41, 5.74) is 2.89. The van der Waals surface area contributed by atoms with E-state index in [0.717, 1.165) is 12.8 Å². The van der Waals surface area contributed by atoms with Crippen molar-refractivity contribution in [3.05, 3.63) is 53.6 Å². The number of carbonyl (C=O) groups excluding carboxylic acids is 3. The largest absolute Gasteiger partial charge is 0.482 e. The minimum atomic E-state index is -0.256. The Kier molecular flexibility index (Phi) is 5.86. The lowest BCUT2D eigenvalue weighted by atomic mass is 10.0. The molecule has 0 spiro atoms. The molecule has 0 saturated carbocycles. The Morgan fingerprint density at radius 1 is 1.11 bits per heavy atom. The molecule has 2 aromatic rings. The number of Topliss-reactive ketones (excluding diaryl/α,β-unsaturated/α-hetero) is 1. The Balaban J connectivity index is 1.53. The smallest absolute Gasteiger partial charge is 0.262 e. The lowest BCUT2D eigenvalue weighted by Gasteiger charge is -2.18. The summed E-state index contributed by atoms with van der Waals surface area (Å²) in [6.07, 6.45) is 2.29. The lowest BCUT2D eigenvalue weighted by Crippen LogP contribution is -2.25. The standard InChI is InChI=1S/C21H22N2O4/c1-2-3-14-4-6-15(7-5-14)18(24)9-11-20(25)22-16-8-10-19-17(12-16)23-21(26)13-27-19/h4-8,10,12H,2-3,9,11,13H2,1H3,(H,22,25)(H,23,26). The number of ketones is 1. The molecule has 0 saturated heterocycles. The third-order valence-corrected chi connectivity index (χ3v) is 4.29. The van der Waals surface area contributed by atoms with Gasteiger partial charge in [0.1, 0.15) is 5.75 Å². The van der Waals surface area contributed by atoms with Crippen LogP contribution in [0.4, 0.5) is 11.4 Å². The molecule has 2 N–H and O–H groups in total. The minimum Gasteiger partial charge on any atom is -0.482 e. The number of carbonyl (C=O) groups is 3. The summed E-state index contributed by atoms with van der Waals surface area (Å²) in [5.74, 6) is 0.0177. The second-order valence-corrected chi connectivity index (χ2v) is 6.47. The molecule has 0 bridgehead atoms. The molecule has 2 amide bonds. The second kappa shape index (κ2) is 8.49. The number of hydrogen-bond acceptors (Lipinski definition) is 4. The van der Waals surface area contributed by atoms with Crippen molar-refractivity contribution in [1.82, 2.24) is 0 Å². The van der Waals surface area contributed by atoms with E-state index in [0.29, 0.717) is 22.7 Å². The fourth-order valence-electron chi connectivity index (χ4n) is 2.90. The number of amides is 2. The molecular formula is C21H22N2O4. The van der Waals surface area contributed by atoms with Crippen LogP contribution in [0.1, 0.15) is 42.1 Å². The first kappa shape index (κ1) is 18.6. The van der Waals surface area contributed by atoms with Crippen molar-refractivity contribution in [3.8, 4) is 5.75 Å². The van der Waals surface area contributed by atoms with Gasteiger partial charge in [0.05, 0.1) is 5.69 Å². The van der Waals surface area contributed by atoms with Gasteiger partial charge in [0.2, 0.25) is 5.91 Å². The maximum atomic E-state index is 12.3. The van der Waals surface area contributed by atoms with Gasteiger partial charge in [-0.25, -0.2) is 0 Å². The first-order valence-electron chi connectivity index (χ1n) is 9.04. The van der Waals surface area contributed by atoms with Gasteiger partial charge >= 0.3 is 0 Å². The molecule has 3 rings (SSSR count). The molecule has 0 aliphatic carbocycles. The van der Waals surface area contributed by atoms with Crippen LogP contribution < -0.4 is 15.4 Å². The third kappa shape index (κ3) is 4.94. The van der Waals surface area contributed by atoms with Gasteiger partial charge in [-0.15, -0.1) is 0 Å². The molecular weight excluding hydrogens is 344 g/mol. The molecule has 1 heterocycles. The van der Waals surface area contributed by atoms with E-state index < -0.39 is 0 Å². The average Bonchev–Trinajstić information content (AvgIpc) is 2.66. The van der Waals surface area contributed by atoms with Gasteiger partial charge in [-0.2, -0.15) is 0 Å². The van der Waals surface area contributed by atoms with Crippen LogP contribution in [0.5, 0.6) is 5.75 Å². The number of rotatable bonds is 7. The summed E-state index contributed by atoms with van der Waals surface area (Å²) < 4.78 is 5.28. The molecule has 140 valence electrons. The number of hydrogen-bond donors (Lipinski definition) is 2. The number of anilines is 2. The molecule has 0 fully saturated rings. The van der Waals surface area contributed by atoms with E-state index in [1.54, 1.807) is 18.2 Å². The van der Waals surface area contributed by atoms with Gasteiger partial charge in [-0.05, 0) is 30.2 Å². The van der Waals surface area contributed by atoms with Gasteiger partial charge in [-0.1, -0.05) is 37.6 Å². The monoisotopic (exact) mass is 366 g/mol. The Bertz CT molecular complexity index is 859. The summed E-state index contributed by atoms with van der Waals surface area (Å²) in [5, 5.41) is 5.43. The number of benzene rings is 2. The van der Waals surface area contributed by atoms with E-state index in [4.69, 9.17) is 4.74 Å². The summed E-state index contributed by atoms with van der Waals surface area (Å²) in [4.78, 5) is 35.8. The van der Waals surface area contributed by atoms with Gasteiger partial charge in [-0.3, -0.25) is 14.4 Å². The van der Waals surface area contributed by atoms with E-state index in [2.05, 4.69) is 17.6 Å². The van der Waals surface area contributed by atoms with E-state index in [1.807, 2.05) is 24.3 Å². The summed E-state index contributed by atoms with van der Waals surface area (Å²) in [7, 11) is 0. The maximum Gasteiger partial charge on any atom is 0.262 e. The summed E-state index contributed by atoms with van der Waals surface area (Å²) >= 11 is 0. The van der Waals surface area contributed by atoms with Crippen LogP contribution in [-0.2, 0) is 16.0 Å². The van der Waals surface area contributed by atoms with Crippen LogP contribution in [0, 0.1) is 0 Å². The topological polar surface area (TPSA) is 84.5 Å². The van der Waals surface area contributed by atoms with Crippen LogP contribution in [-0.4, -0.2) is 24.2 Å². The summed E-state index contributed by atoms with van der Waals surface area (Å²) in [6, 6.07) is 12.6. The minimum absolute atomic E-state index is 0.0136.